The molecule has 0 saturated heterocycles. The number of hydrogen-bond acceptors (Lipinski definition) is 8. The summed E-state index contributed by atoms with van der Waals surface area (Å²) in [6.45, 7) is 0. The molecular formula is C34H26N8O2. The zero-order chi connectivity index (χ0) is 30.2. The van der Waals surface area contributed by atoms with Gasteiger partial charge >= 0.3 is 0 Å². The summed E-state index contributed by atoms with van der Waals surface area (Å²) in [4.78, 5) is 30.0. The summed E-state index contributed by atoms with van der Waals surface area (Å²) in [6, 6.07) is 33.8. The molecule has 4 heterocycles. The SMILES string of the molecule is Nc1nc2ccccc2n2cc(C(=O)c3ccccc3)nc12.Nc1nc2ccccc2n2cc(C(O)c3ccccc3)nc12. The van der Waals surface area contributed by atoms with Crippen LogP contribution in [0.15, 0.2) is 122 Å². The molecule has 0 aliphatic heterocycles. The number of nitrogen functional groups attached to an aromatic ring is 2. The lowest BCUT2D eigenvalue weighted by Gasteiger charge is -2.06. The number of rotatable bonds is 4. The molecule has 214 valence electrons. The Balaban J connectivity index is 0.000000142. The first kappa shape index (κ1) is 26.7. The zero-order valence-electron chi connectivity index (χ0n) is 23.3. The quantitative estimate of drug-likeness (QED) is 0.240. The maximum absolute atomic E-state index is 12.5. The van der Waals surface area contributed by atoms with Crippen LogP contribution in [0.4, 0.5) is 11.6 Å². The number of benzene rings is 4. The van der Waals surface area contributed by atoms with Crippen molar-refractivity contribution in [1.29, 1.82) is 0 Å². The Morgan fingerprint density at radius 2 is 1.11 bits per heavy atom. The molecule has 0 fully saturated rings. The van der Waals surface area contributed by atoms with E-state index in [0.29, 0.717) is 39.9 Å². The Morgan fingerprint density at radius 1 is 0.614 bits per heavy atom. The van der Waals surface area contributed by atoms with Gasteiger partial charge in [-0.2, -0.15) is 0 Å². The Hall–Kier alpha value is -6.13. The molecule has 0 bridgehead atoms. The maximum Gasteiger partial charge on any atom is 0.212 e. The minimum Gasteiger partial charge on any atom is -0.382 e. The predicted molar refractivity (Wildman–Crippen MR) is 170 cm³/mol. The summed E-state index contributed by atoms with van der Waals surface area (Å²) in [5, 5.41) is 10.5. The fourth-order valence-corrected chi connectivity index (χ4v) is 5.18. The molecule has 5 N–H and O–H groups in total. The van der Waals surface area contributed by atoms with E-state index in [9.17, 15) is 9.90 Å². The van der Waals surface area contributed by atoms with Crippen LogP contribution in [-0.2, 0) is 0 Å². The molecule has 1 unspecified atom stereocenters. The van der Waals surface area contributed by atoms with Gasteiger partial charge in [0.05, 0.1) is 27.8 Å². The second kappa shape index (κ2) is 10.9. The number of nitrogens with zero attached hydrogens (tertiary/aromatic N) is 6. The van der Waals surface area contributed by atoms with Crippen molar-refractivity contribution in [1.82, 2.24) is 28.7 Å². The number of imidazole rings is 2. The molecular weight excluding hydrogens is 552 g/mol. The summed E-state index contributed by atoms with van der Waals surface area (Å²) in [6.07, 6.45) is 2.73. The number of ketones is 1. The van der Waals surface area contributed by atoms with Crippen molar-refractivity contribution in [2.45, 2.75) is 6.10 Å². The number of anilines is 2. The van der Waals surface area contributed by atoms with E-state index in [4.69, 9.17) is 11.5 Å². The standard InChI is InChI=1S/C17H14N4O.C17H12N4O/c2*18-16-17-20-13(15(22)11-6-2-1-3-7-11)10-21(17)14-9-5-4-8-12(14)19-16/h1-10,15,22H,(H2,18,19);1-10H,(H2,18,19). The highest BCUT2D eigenvalue weighted by atomic mass is 16.3. The van der Waals surface area contributed by atoms with Crippen LogP contribution in [0.2, 0.25) is 0 Å². The number of aromatic nitrogens is 6. The molecule has 8 rings (SSSR count). The van der Waals surface area contributed by atoms with Gasteiger partial charge in [-0.25, -0.2) is 19.9 Å². The molecule has 0 spiro atoms. The molecule has 10 nitrogen and oxygen atoms in total. The van der Waals surface area contributed by atoms with Crippen LogP contribution in [0, 0.1) is 0 Å². The molecule has 0 radical (unpaired) electrons. The number of para-hydroxylation sites is 4. The molecule has 0 aliphatic carbocycles. The largest absolute Gasteiger partial charge is 0.382 e. The van der Waals surface area contributed by atoms with Gasteiger partial charge < -0.3 is 16.6 Å². The van der Waals surface area contributed by atoms with Gasteiger partial charge in [0.2, 0.25) is 5.78 Å². The monoisotopic (exact) mass is 578 g/mol. The number of hydrogen-bond donors (Lipinski definition) is 3. The van der Waals surface area contributed by atoms with Crippen molar-refractivity contribution in [3.8, 4) is 0 Å². The lowest BCUT2D eigenvalue weighted by Crippen LogP contribution is -2.01. The Labute approximate surface area is 250 Å². The molecule has 1 atom stereocenters. The van der Waals surface area contributed by atoms with Crippen molar-refractivity contribution in [3.05, 3.63) is 144 Å². The molecule has 0 aliphatic rings. The van der Waals surface area contributed by atoms with Crippen LogP contribution >= 0.6 is 0 Å². The summed E-state index contributed by atoms with van der Waals surface area (Å²) in [5.74, 6) is 0.531. The van der Waals surface area contributed by atoms with E-state index in [1.807, 2.05) is 112 Å². The first-order chi connectivity index (χ1) is 21.5. The summed E-state index contributed by atoms with van der Waals surface area (Å²) < 4.78 is 3.69. The number of fused-ring (bicyclic) bond motifs is 6. The van der Waals surface area contributed by atoms with Gasteiger partial charge in [0.15, 0.2) is 22.9 Å². The minimum absolute atomic E-state index is 0.132. The van der Waals surface area contributed by atoms with Crippen LogP contribution in [0.1, 0.15) is 33.4 Å². The summed E-state index contributed by atoms with van der Waals surface area (Å²) >= 11 is 0. The lowest BCUT2D eigenvalue weighted by atomic mass is 10.1. The van der Waals surface area contributed by atoms with Crippen molar-refractivity contribution in [2.75, 3.05) is 11.5 Å². The first-order valence-electron chi connectivity index (χ1n) is 13.9. The highest BCUT2D eigenvalue weighted by Crippen LogP contribution is 2.26. The fourth-order valence-electron chi connectivity index (χ4n) is 5.18. The third-order valence-corrected chi connectivity index (χ3v) is 7.32. The number of aliphatic hydroxyl groups excluding tert-OH is 1. The zero-order valence-corrected chi connectivity index (χ0v) is 23.3. The molecule has 4 aromatic carbocycles. The van der Waals surface area contributed by atoms with E-state index >= 15 is 0 Å². The highest BCUT2D eigenvalue weighted by molar-refractivity contribution is 6.08. The molecule has 44 heavy (non-hydrogen) atoms. The van der Waals surface area contributed by atoms with Crippen LogP contribution in [0.3, 0.4) is 0 Å². The minimum atomic E-state index is -0.792. The lowest BCUT2D eigenvalue weighted by molar-refractivity contribution is 0.103. The van der Waals surface area contributed by atoms with E-state index in [1.54, 1.807) is 18.3 Å². The second-order valence-electron chi connectivity index (χ2n) is 10.2. The smallest absolute Gasteiger partial charge is 0.212 e. The molecule has 0 saturated carbocycles. The van der Waals surface area contributed by atoms with Gasteiger partial charge in [-0.1, -0.05) is 84.9 Å². The molecule has 4 aromatic heterocycles. The van der Waals surface area contributed by atoms with Crippen molar-refractivity contribution >= 4 is 50.8 Å². The van der Waals surface area contributed by atoms with Gasteiger partial charge in [0.1, 0.15) is 11.8 Å². The second-order valence-corrected chi connectivity index (χ2v) is 10.2. The normalized spacial score (nSPS) is 11.9. The van der Waals surface area contributed by atoms with Crippen molar-refractivity contribution < 1.29 is 9.90 Å². The van der Waals surface area contributed by atoms with Crippen LogP contribution < -0.4 is 11.5 Å². The van der Waals surface area contributed by atoms with E-state index in [2.05, 4.69) is 19.9 Å². The van der Waals surface area contributed by atoms with Gasteiger partial charge in [-0.3, -0.25) is 13.6 Å². The Kier molecular flexibility index (Phi) is 6.65. The van der Waals surface area contributed by atoms with E-state index in [-0.39, 0.29) is 5.78 Å². The summed E-state index contributed by atoms with van der Waals surface area (Å²) in [7, 11) is 0. The third kappa shape index (κ3) is 4.75. The van der Waals surface area contributed by atoms with Gasteiger partial charge in [0.25, 0.3) is 0 Å². The van der Waals surface area contributed by atoms with E-state index in [0.717, 1.165) is 27.6 Å². The first-order valence-corrected chi connectivity index (χ1v) is 13.9. The number of nitrogens with two attached hydrogens (primary N) is 2. The van der Waals surface area contributed by atoms with Gasteiger partial charge in [0, 0.05) is 18.0 Å². The van der Waals surface area contributed by atoms with Crippen LogP contribution in [0.25, 0.3) is 33.4 Å². The highest BCUT2D eigenvalue weighted by Gasteiger charge is 2.18. The molecule has 10 heteroatoms. The number of carbonyl (C=O) groups is 1. The topological polar surface area (TPSA) is 150 Å². The predicted octanol–water partition coefficient (Wildman–Crippen LogP) is 5.24. The van der Waals surface area contributed by atoms with E-state index < -0.39 is 6.10 Å². The van der Waals surface area contributed by atoms with Gasteiger partial charge in [-0.15, -0.1) is 0 Å². The summed E-state index contributed by atoms with van der Waals surface area (Å²) in [5.41, 5.74) is 18.7. The Bertz CT molecular complexity index is 2300. The molecule has 0 amide bonds. The van der Waals surface area contributed by atoms with E-state index in [1.165, 1.54) is 0 Å². The van der Waals surface area contributed by atoms with Crippen molar-refractivity contribution in [2.24, 2.45) is 0 Å². The Morgan fingerprint density at radius 3 is 1.73 bits per heavy atom. The van der Waals surface area contributed by atoms with Gasteiger partial charge in [-0.05, 0) is 29.8 Å². The number of aliphatic hydroxyl groups is 1. The van der Waals surface area contributed by atoms with Crippen molar-refractivity contribution in [3.63, 3.8) is 0 Å². The average Bonchev–Trinajstić information content (AvgIpc) is 3.73. The van der Waals surface area contributed by atoms with Crippen LogP contribution in [-0.4, -0.2) is 39.6 Å². The molecule has 8 aromatic rings. The third-order valence-electron chi connectivity index (χ3n) is 7.32. The average molecular weight is 579 g/mol. The van der Waals surface area contributed by atoms with Crippen LogP contribution in [0.5, 0.6) is 0 Å². The maximum atomic E-state index is 12.5. The fraction of sp³-hybridized carbons (Fsp3) is 0.0294. The number of carbonyl (C=O) groups excluding carboxylic acids is 1.